The molecule has 0 aliphatic rings. The van der Waals surface area contributed by atoms with Crippen LogP contribution in [0.1, 0.15) is 12.5 Å². The molecule has 0 fully saturated rings. The lowest BCUT2D eigenvalue weighted by Gasteiger charge is -2.14. The van der Waals surface area contributed by atoms with E-state index in [-0.39, 0.29) is 0 Å². The van der Waals surface area contributed by atoms with Crippen LogP contribution in [0.5, 0.6) is 0 Å². The summed E-state index contributed by atoms with van der Waals surface area (Å²) in [6, 6.07) is 9.24. The molecule has 1 aromatic carbocycles. The Morgan fingerprint density at radius 3 is 2.57 bits per heavy atom. The van der Waals surface area contributed by atoms with Gasteiger partial charge in [0.05, 0.1) is 0 Å². The summed E-state index contributed by atoms with van der Waals surface area (Å²) in [5, 5.41) is 7.83. The first-order valence-corrected chi connectivity index (χ1v) is 5.63. The van der Waals surface area contributed by atoms with Crippen LogP contribution in [0.3, 0.4) is 0 Å². The average molecular weight is 212 g/mol. The average Bonchev–Trinajstić information content (AvgIpc) is 2.18. The minimum absolute atomic E-state index is 0.300. The SMILES string of the molecule is CC(C(=O)O)[S+]([O-])Cc1ccccc1. The van der Waals surface area contributed by atoms with Crippen molar-refractivity contribution in [1.82, 2.24) is 0 Å². The quantitative estimate of drug-likeness (QED) is 0.767. The van der Waals surface area contributed by atoms with E-state index in [1.165, 1.54) is 6.92 Å². The molecule has 0 amide bonds. The Morgan fingerprint density at radius 2 is 2.07 bits per heavy atom. The van der Waals surface area contributed by atoms with Gasteiger partial charge in [0, 0.05) is 5.56 Å². The normalized spacial score (nSPS) is 14.7. The first kappa shape index (κ1) is 11.1. The molecule has 0 aliphatic heterocycles. The number of rotatable bonds is 4. The van der Waals surface area contributed by atoms with Gasteiger partial charge in [-0.3, -0.25) is 0 Å². The Balaban J connectivity index is 2.57. The van der Waals surface area contributed by atoms with Crippen molar-refractivity contribution in [3.05, 3.63) is 35.9 Å². The van der Waals surface area contributed by atoms with Crippen LogP contribution in [-0.4, -0.2) is 20.9 Å². The largest absolute Gasteiger partial charge is 0.615 e. The Labute approximate surface area is 85.9 Å². The molecule has 14 heavy (non-hydrogen) atoms. The van der Waals surface area contributed by atoms with Gasteiger partial charge in [0.25, 0.3) is 0 Å². The van der Waals surface area contributed by atoms with Crippen LogP contribution in [-0.2, 0) is 21.7 Å². The van der Waals surface area contributed by atoms with Crippen LogP contribution in [0.4, 0.5) is 0 Å². The molecular weight excluding hydrogens is 200 g/mol. The van der Waals surface area contributed by atoms with Gasteiger partial charge in [0.1, 0.15) is 5.75 Å². The molecule has 1 N–H and O–H groups in total. The summed E-state index contributed by atoms with van der Waals surface area (Å²) in [5.74, 6) is -0.715. The number of carbonyl (C=O) groups is 1. The zero-order valence-electron chi connectivity index (χ0n) is 7.84. The third-order valence-corrected chi connectivity index (χ3v) is 3.50. The Kier molecular flexibility index (Phi) is 3.98. The molecule has 76 valence electrons. The van der Waals surface area contributed by atoms with E-state index in [0.29, 0.717) is 5.75 Å². The van der Waals surface area contributed by atoms with Gasteiger partial charge in [-0.15, -0.1) is 0 Å². The lowest BCUT2D eigenvalue weighted by atomic mass is 10.2. The van der Waals surface area contributed by atoms with Crippen LogP contribution < -0.4 is 0 Å². The second kappa shape index (κ2) is 5.02. The highest BCUT2D eigenvalue weighted by Gasteiger charge is 2.24. The third kappa shape index (κ3) is 3.05. The number of benzene rings is 1. The molecule has 0 aromatic heterocycles. The fraction of sp³-hybridized carbons (Fsp3) is 0.300. The van der Waals surface area contributed by atoms with Crippen LogP contribution >= 0.6 is 0 Å². The topological polar surface area (TPSA) is 60.4 Å². The van der Waals surface area contributed by atoms with Crippen molar-refractivity contribution in [1.29, 1.82) is 0 Å². The van der Waals surface area contributed by atoms with Crippen molar-refractivity contribution in [3.8, 4) is 0 Å². The molecule has 0 heterocycles. The van der Waals surface area contributed by atoms with Crippen LogP contribution in [0.15, 0.2) is 30.3 Å². The molecule has 0 aliphatic carbocycles. The summed E-state index contributed by atoms with van der Waals surface area (Å²) >= 11 is -1.35. The van der Waals surface area contributed by atoms with E-state index in [2.05, 4.69) is 0 Å². The number of carboxylic acid groups (broad SMARTS) is 1. The summed E-state index contributed by atoms with van der Waals surface area (Å²) in [6.07, 6.45) is 0. The van der Waals surface area contributed by atoms with E-state index in [0.717, 1.165) is 5.56 Å². The molecule has 0 radical (unpaired) electrons. The zero-order chi connectivity index (χ0) is 10.6. The highest BCUT2D eigenvalue weighted by molar-refractivity contribution is 7.91. The number of carboxylic acids is 1. The smallest absolute Gasteiger partial charge is 0.356 e. The van der Waals surface area contributed by atoms with Gasteiger partial charge in [0.2, 0.25) is 5.25 Å². The minimum atomic E-state index is -1.35. The zero-order valence-corrected chi connectivity index (χ0v) is 8.66. The highest BCUT2D eigenvalue weighted by Crippen LogP contribution is 2.10. The van der Waals surface area contributed by atoms with Crippen LogP contribution in [0, 0.1) is 0 Å². The maximum Gasteiger partial charge on any atom is 0.356 e. The second-order valence-corrected chi connectivity index (χ2v) is 4.75. The first-order valence-electron chi connectivity index (χ1n) is 4.25. The van der Waals surface area contributed by atoms with Gasteiger partial charge in [-0.1, -0.05) is 30.3 Å². The van der Waals surface area contributed by atoms with Crippen molar-refractivity contribution in [2.24, 2.45) is 0 Å². The fourth-order valence-corrected chi connectivity index (χ4v) is 1.97. The Morgan fingerprint density at radius 1 is 1.50 bits per heavy atom. The van der Waals surface area contributed by atoms with Gasteiger partial charge in [-0.25, -0.2) is 4.79 Å². The molecule has 3 nitrogen and oxygen atoms in total. The number of hydrogen-bond donors (Lipinski definition) is 1. The van der Waals surface area contributed by atoms with Crippen molar-refractivity contribution in [2.75, 3.05) is 0 Å². The molecule has 1 aromatic rings. The first-order chi connectivity index (χ1) is 6.61. The molecular formula is C10H12O3S. The molecule has 0 spiro atoms. The van der Waals surface area contributed by atoms with Crippen molar-refractivity contribution in [3.63, 3.8) is 0 Å². The third-order valence-electron chi connectivity index (χ3n) is 1.89. The van der Waals surface area contributed by atoms with Crippen molar-refractivity contribution in [2.45, 2.75) is 17.9 Å². The standard InChI is InChI=1S/C10H12O3S/c1-8(10(11)12)14(13)7-9-5-3-2-4-6-9/h2-6,8H,7H2,1H3,(H,11,12). The molecule has 2 unspecified atom stereocenters. The van der Waals surface area contributed by atoms with Gasteiger partial charge >= 0.3 is 5.97 Å². The van der Waals surface area contributed by atoms with E-state index < -0.39 is 22.4 Å². The number of hydrogen-bond acceptors (Lipinski definition) is 2. The summed E-state index contributed by atoms with van der Waals surface area (Å²) in [5.41, 5.74) is 0.902. The summed E-state index contributed by atoms with van der Waals surface area (Å²) in [4.78, 5) is 10.5. The highest BCUT2D eigenvalue weighted by atomic mass is 32.2. The van der Waals surface area contributed by atoms with E-state index in [1.807, 2.05) is 30.3 Å². The summed E-state index contributed by atoms with van der Waals surface area (Å²) < 4.78 is 11.5. The predicted octanol–water partition coefficient (Wildman–Crippen LogP) is 1.41. The van der Waals surface area contributed by atoms with E-state index >= 15 is 0 Å². The fourth-order valence-electron chi connectivity index (χ4n) is 0.976. The van der Waals surface area contributed by atoms with E-state index in [1.54, 1.807) is 0 Å². The van der Waals surface area contributed by atoms with Crippen molar-refractivity contribution >= 4 is 17.1 Å². The van der Waals surface area contributed by atoms with Gasteiger partial charge in [-0.2, -0.15) is 0 Å². The van der Waals surface area contributed by atoms with Gasteiger partial charge in [0.15, 0.2) is 0 Å². The second-order valence-electron chi connectivity index (χ2n) is 2.99. The lowest BCUT2D eigenvalue weighted by Crippen LogP contribution is -2.28. The molecule has 1 rings (SSSR count). The molecule has 0 saturated heterocycles. The maximum atomic E-state index is 11.5. The predicted molar refractivity (Wildman–Crippen MR) is 55.4 cm³/mol. The van der Waals surface area contributed by atoms with Crippen LogP contribution in [0.25, 0.3) is 0 Å². The molecule has 4 heteroatoms. The molecule has 0 bridgehead atoms. The Hall–Kier alpha value is -1.00. The van der Waals surface area contributed by atoms with E-state index in [4.69, 9.17) is 5.11 Å². The number of aliphatic carboxylic acids is 1. The molecule has 2 atom stereocenters. The molecule has 0 saturated carbocycles. The minimum Gasteiger partial charge on any atom is -0.615 e. The van der Waals surface area contributed by atoms with E-state index in [9.17, 15) is 9.35 Å². The summed E-state index contributed by atoms with van der Waals surface area (Å²) in [7, 11) is 0. The monoisotopic (exact) mass is 212 g/mol. The van der Waals surface area contributed by atoms with Crippen molar-refractivity contribution < 1.29 is 14.5 Å². The van der Waals surface area contributed by atoms with Gasteiger partial charge in [-0.05, 0) is 18.1 Å². The summed E-state index contributed by atoms with van der Waals surface area (Å²) in [6.45, 7) is 1.46. The Bertz CT molecular complexity index is 299. The van der Waals surface area contributed by atoms with Gasteiger partial charge < -0.3 is 9.66 Å². The maximum absolute atomic E-state index is 11.5. The van der Waals surface area contributed by atoms with Crippen LogP contribution in [0.2, 0.25) is 0 Å². The lowest BCUT2D eigenvalue weighted by molar-refractivity contribution is -0.136.